The van der Waals surface area contributed by atoms with E-state index in [9.17, 15) is 0 Å². The second-order valence-corrected chi connectivity index (χ2v) is 17.7. The van der Waals surface area contributed by atoms with Crippen molar-refractivity contribution in [2.24, 2.45) is 0 Å². The van der Waals surface area contributed by atoms with Gasteiger partial charge in [0.15, 0.2) is 0 Å². The number of benzene rings is 2. The molecular formula is C53H86O14. The predicted octanol–water partition coefficient (Wildman–Crippen LogP) is 7.47. The highest BCUT2D eigenvalue weighted by molar-refractivity contribution is 5.81. The summed E-state index contributed by atoms with van der Waals surface area (Å²) in [4.78, 5) is 0. The number of aryl methyl sites for hydroxylation is 2. The molecule has 14 heteroatoms. The maximum absolute atomic E-state index is 6.16. The lowest BCUT2D eigenvalue weighted by atomic mass is 9.70. The molecule has 2 aromatic rings. The van der Waals surface area contributed by atoms with Gasteiger partial charge < -0.3 is 66.3 Å². The van der Waals surface area contributed by atoms with E-state index in [-0.39, 0.29) is 17.6 Å². The third kappa shape index (κ3) is 22.7. The van der Waals surface area contributed by atoms with Gasteiger partial charge in [-0.05, 0) is 61.8 Å². The fourth-order valence-corrected chi connectivity index (χ4v) is 8.81. The minimum atomic E-state index is -0.160. The Morgan fingerprint density at radius 3 is 1.06 bits per heavy atom. The molecule has 0 radical (unpaired) electrons. The Hall–Kier alpha value is -2.12. The third-order valence-corrected chi connectivity index (χ3v) is 12.3. The first-order valence-corrected chi connectivity index (χ1v) is 25.5. The summed E-state index contributed by atoms with van der Waals surface area (Å²) in [5.74, 6) is 0. The van der Waals surface area contributed by atoms with E-state index < -0.39 is 0 Å². The lowest BCUT2D eigenvalue weighted by Crippen LogP contribution is -2.28. The van der Waals surface area contributed by atoms with Gasteiger partial charge in [-0.1, -0.05) is 86.1 Å². The molecule has 382 valence electrons. The Kier molecular flexibility index (Phi) is 29.9. The van der Waals surface area contributed by atoms with Crippen molar-refractivity contribution in [3.8, 4) is 11.1 Å². The quantitative estimate of drug-likeness (QED) is 0.137. The Morgan fingerprint density at radius 1 is 0.388 bits per heavy atom. The molecule has 0 spiro atoms. The van der Waals surface area contributed by atoms with Crippen molar-refractivity contribution < 1.29 is 66.3 Å². The number of unbranched alkanes of at least 4 members (excludes halogenated alkanes) is 6. The molecule has 2 unspecified atom stereocenters. The van der Waals surface area contributed by atoms with Gasteiger partial charge in [0.05, 0.1) is 159 Å². The molecular weight excluding hydrogens is 861 g/mol. The van der Waals surface area contributed by atoms with Crippen LogP contribution in [0.25, 0.3) is 11.1 Å². The van der Waals surface area contributed by atoms with E-state index in [2.05, 4.69) is 50.2 Å². The molecule has 0 aromatic heterocycles. The van der Waals surface area contributed by atoms with Gasteiger partial charge in [0, 0.05) is 18.6 Å². The second kappa shape index (κ2) is 35.9. The highest BCUT2D eigenvalue weighted by atomic mass is 16.6. The maximum atomic E-state index is 6.16. The standard InChI is InChI=1S/C53H86O14/c1-45-11-13-49-50-14-12-46(2)40-52(50)53(51(49)39-45,15-7-3-5-9-17-62-41-47-43-64-33-31-58-25-23-54-19-21-56-27-29-60-35-37-66-47)16-8-4-6-10-18-63-42-48-44-65-34-32-59-26-24-55-20-22-57-28-30-61-36-38-67-48/h11-14,39-40,47-48H,3-10,15-38,41-44H2,1-2H3. The van der Waals surface area contributed by atoms with E-state index in [0.717, 1.165) is 38.5 Å². The second-order valence-electron chi connectivity index (χ2n) is 17.7. The van der Waals surface area contributed by atoms with Crippen LogP contribution in [0.3, 0.4) is 0 Å². The topological polar surface area (TPSA) is 129 Å². The number of ether oxygens (including phenoxy) is 14. The van der Waals surface area contributed by atoms with Gasteiger partial charge in [0.2, 0.25) is 0 Å². The maximum Gasteiger partial charge on any atom is 0.104 e. The highest BCUT2D eigenvalue weighted by Gasteiger charge is 2.42. The van der Waals surface area contributed by atoms with Crippen molar-refractivity contribution in [1.82, 2.24) is 0 Å². The van der Waals surface area contributed by atoms with E-state index in [1.807, 2.05) is 0 Å². The molecule has 2 aliphatic heterocycles. The summed E-state index contributed by atoms with van der Waals surface area (Å²) in [5.41, 5.74) is 8.53. The summed E-state index contributed by atoms with van der Waals surface area (Å²) in [6.45, 7) is 18.2. The van der Waals surface area contributed by atoms with Crippen LogP contribution in [-0.2, 0) is 71.7 Å². The summed E-state index contributed by atoms with van der Waals surface area (Å²) >= 11 is 0. The first-order chi connectivity index (χ1) is 33.2. The molecule has 3 aliphatic rings. The summed E-state index contributed by atoms with van der Waals surface area (Å²) in [5, 5.41) is 0. The summed E-state index contributed by atoms with van der Waals surface area (Å²) in [6, 6.07) is 14.2. The lowest BCUT2D eigenvalue weighted by molar-refractivity contribution is -0.0846. The minimum absolute atomic E-state index is 0.0148. The first-order valence-electron chi connectivity index (χ1n) is 25.5. The van der Waals surface area contributed by atoms with Gasteiger partial charge in [-0.2, -0.15) is 0 Å². The van der Waals surface area contributed by atoms with Crippen molar-refractivity contribution >= 4 is 0 Å². The molecule has 14 nitrogen and oxygen atoms in total. The zero-order valence-electron chi connectivity index (χ0n) is 41.3. The molecule has 0 saturated carbocycles. The Balaban J connectivity index is 1.04. The zero-order chi connectivity index (χ0) is 46.7. The van der Waals surface area contributed by atoms with Crippen LogP contribution in [0.15, 0.2) is 36.4 Å². The van der Waals surface area contributed by atoms with E-state index >= 15 is 0 Å². The minimum Gasteiger partial charge on any atom is -0.379 e. The molecule has 0 amide bonds. The fourth-order valence-electron chi connectivity index (χ4n) is 8.81. The van der Waals surface area contributed by atoms with Crippen LogP contribution in [0.5, 0.6) is 0 Å². The molecule has 2 saturated heterocycles. The van der Waals surface area contributed by atoms with Crippen LogP contribution in [0.2, 0.25) is 0 Å². The molecule has 5 rings (SSSR count). The molecule has 2 atom stereocenters. The zero-order valence-corrected chi connectivity index (χ0v) is 41.3. The number of hydrogen-bond acceptors (Lipinski definition) is 14. The van der Waals surface area contributed by atoms with Gasteiger partial charge in [-0.25, -0.2) is 0 Å². The normalized spacial score (nSPS) is 22.1. The van der Waals surface area contributed by atoms with Crippen LogP contribution in [-0.4, -0.2) is 184 Å². The monoisotopic (exact) mass is 947 g/mol. The Labute approximate surface area is 402 Å². The third-order valence-electron chi connectivity index (χ3n) is 12.3. The van der Waals surface area contributed by atoms with Crippen LogP contribution in [0.1, 0.15) is 86.5 Å². The van der Waals surface area contributed by atoms with Gasteiger partial charge >= 0.3 is 0 Å². The largest absolute Gasteiger partial charge is 0.379 e. The summed E-state index contributed by atoms with van der Waals surface area (Å²) in [7, 11) is 0. The van der Waals surface area contributed by atoms with Crippen LogP contribution < -0.4 is 0 Å². The van der Waals surface area contributed by atoms with E-state index in [1.165, 1.54) is 59.1 Å². The molecule has 2 heterocycles. The van der Waals surface area contributed by atoms with Crippen molar-refractivity contribution in [2.75, 3.05) is 172 Å². The first kappa shape index (κ1) is 55.8. The van der Waals surface area contributed by atoms with E-state index in [0.29, 0.717) is 172 Å². The molecule has 1 aliphatic carbocycles. The van der Waals surface area contributed by atoms with Crippen LogP contribution in [0, 0.1) is 13.8 Å². The molecule has 0 N–H and O–H groups in total. The van der Waals surface area contributed by atoms with Crippen molar-refractivity contribution in [3.63, 3.8) is 0 Å². The number of hydrogen-bond donors (Lipinski definition) is 0. The van der Waals surface area contributed by atoms with E-state index in [1.54, 1.807) is 0 Å². The molecule has 2 aromatic carbocycles. The smallest absolute Gasteiger partial charge is 0.104 e. The predicted molar refractivity (Wildman–Crippen MR) is 258 cm³/mol. The Bertz CT molecular complexity index is 1380. The van der Waals surface area contributed by atoms with Gasteiger partial charge in [0.25, 0.3) is 0 Å². The van der Waals surface area contributed by atoms with E-state index in [4.69, 9.17) is 66.3 Å². The number of fused-ring (bicyclic) bond motifs is 3. The lowest BCUT2D eigenvalue weighted by Gasteiger charge is -2.33. The van der Waals surface area contributed by atoms with Crippen molar-refractivity contribution in [1.29, 1.82) is 0 Å². The SMILES string of the molecule is Cc1ccc2c(c1)C(CCCCCCOCC1COCCOCCOCCOCCOCCO1)(CCCCCCOCC1COCCOCCOCCOCCOCCO1)c1cc(C)ccc1-2. The van der Waals surface area contributed by atoms with Gasteiger partial charge in [-0.15, -0.1) is 0 Å². The van der Waals surface area contributed by atoms with Crippen LogP contribution >= 0.6 is 0 Å². The van der Waals surface area contributed by atoms with Gasteiger partial charge in [0.1, 0.15) is 12.2 Å². The molecule has 67 heavy (non-hydrogen) atoms. The van der Waals surface area contributed by atoms with Gasteiger partial charge in [-0.3, -0.25) is 0 Å². The van der Waals surface area contributed by atoms with Crippen molar-refractivity contribution in [3.05, 3.63) is 58.7 Å². The summed E-state index contributed by atoms with van der Waals surface area (Å²) < 4.78 is 81.0. The molecule has 2 fully saturated rings. The summed E-state index contributed by atoms with van der Waals surface area (Å²) in [6.07, 6.45) is 10.9. The Morgan fingerprint density at radius 2 is 0.701 bits per heavy atom. The van der Waals surface area contributed by atoms with Crippen LogP contribution in [0.4, 0.5) is 0 Å². The fraction of sp³-hybridized carbons (Fsp3) is 0.774. The molecule has 0 bridgehead atoms. The average molecular weight is 947 g/mol. The average Bonchev–Trinajstić information content (AvgIpc) is 3.58. The number of rotatable bonds is 18. The van der Waals surface area contributed by atoms with Crippen molar-refractivity contribution in [2.45, 2.75) is 95.7 Å². The highest BCUT2D eigenvalue weighted by Crippen LogP contribution is 2.54.